The maximum absolute atomic E-state index is 11.6. The summed E-state index contributed by atoms with van der Waals surface area (Å²) >= 11 is 0. The minimum absolute atomic E-state index is 0.517. The Balaban J connectivity index is 2.28. The summed E-state index contributed by atoms with van der Waals surface area (Å²) in [6.07, 6.45) is 0. The third-order valence-corrected chi connectivity index (χ3v) is 4.07. The van der Waals surface area contributed by atoms with Gasteiger partial charge in [-0.1, -0.05) is 30.3 Å². The van der Waals surface area contributed by atoms with Crippen molar-refractivity contribution < 1.29 is 19.1 Å². The molecular weight excluding hydrogens is 241 g/mol. The molecule has 2 rings (SSSR count). The van der Waals surface area contributed by atoms with Gasteiger partial charge in [-0.05, 0) is 5.56 Å². The Morgan fingerprint density at radius 1 is 1.18 bits per heavy atom. The van der Waals surface area contributed by atoms with Gasteiger partial charge in [-0.3, -0.25) is 9.46 Å². The first-order valence-electron chi connectivity index (χ1n) is 5.51. The third kappa shape index (κ3) is 3.15. The molecule has 1 atom stereocenters. The van der Waals surface area contributed by atoms with Crippen molar-refractivity contribution in [3.05, 3.63) is 35.9 Å². The van der Waals surface area contributed by atoms with Crippen molar-refractivity contribution in [3.63, 3.8) is 0 Å². The van der Waals surface area contributed by atoms with E-state index in [4.69, 9.17) is 4.74 Å². The lowest BCUT2D eigenvalue weighted by Gasteiger charge is -2.34. The molecule has 1 fully saturated rings. The monoisotopic (exact) mass is 257 g/mol. The first-order chi connectivity index (χ1) is 8.09. The molecule has 94 valence electrons. The molecule has 6 heteroatoms. The van der Waals surface area contributed by atoms with Gasteiger partial charge in [0.05, 0.1) is 13.2 Å². The normalized spacial score (nSPS) is 20.1. The van der Waals surface area contributed by atoms with Crippen LogP contribution in [-0.4, -0.2) is 41.0 Å². The van der Waals surface area contributed by atoms with E-state index in [2.05, 4.69) is 0 Å². The second-order valence-corrected chi connectivity index (χ2v) is 5.69. The standard InChI is InChI=1S/C11H16NO4P/c13-17(14,15)11(10-4-2-1-3-5-10)12-6-8-16-9-7-12/h1-5,11H,6-9H2,(H2,13,14,15). The zero-order valence-electron chi connectivity index (χ0n) is 9.40. The lowest BCUT2D eigenvalue weighted by atomic mass is 10.2. The lowest BCUT2D eigenvalue weighted by molar-refractivity contribution is 0.0266. The molecule has 0 radical (unpaired) electrons. The van der Waals surface area contributed by atoms with E-state index in [1.54, 1.807) is 29.2 Å². The maximum Gasteiger partial charge on any atom is 0.347 e. The van der Waals surface area contributed by atoms with Crippen molar-refractivity contribution in [2.24, 2.45) is 0 Å². The van der Waals surface area contributed by atoms with Gasteiger partial charge in [0.1, 0.15) is 5.78 Å². The van der Waals surface area contributed by atoms with Crippen LogP contribution in [0.3, 0.4) is 0 Å². The summed E-state index contributed by atoms with van der Waals surface area (Å²) in [5.41, 5.74) is 0.655. The Kier molecular flexibility index (Phi) is 3.97. The van der Waals surface area contributed by atoms with Gasteiger partial charge in [-0.2, -0.15) is 0 Å². The van der Waals surface area contributed by atoms with Crippen molar-refractivity contribution in [2.45, 2.75) is 5.78 Å². The van der Waals surface area contributed by atoms with Crippen molar-refractivity contribution in [1.29, 1.82) is 0 Å². The van der Waals surface area contributed by atoms with Crippen LogP contribution in [0.2, 0.25) is 0 Å². The summed E-state index contributed by atoms with van der Waals surface area (Å²) < 4.78 is 16.8. The second kappa shape index (κ2) is 5.29. The first-order valence-corrected chi connectivity index (χ1v) is 7.19. The smallest absolute Gasteiger partial charge is 0.347 e. The highest BCUT2D eigenvalue weighted by Crippen LogP contribution is 2.53. The van der Waals surface area contributed by atoms with E-state index in [1.165, 1.54) is 0 Å². The molecule has 1 heterocycles. The fourth-order valence-electron chi connectivity index (χ4n) is 2.06. The van der Waals surface area contributed by atoms with Gasteiger partial charge in [-0.25, -0.2) is 0 Å². The fourth-order valence-corrected chi connectivity index (χ4v) is 3.28. The van der Waals surface area contributed by atoms with Crippen LogP contribution >= 0.6 is 7.60 Å². The van der Waals surface area contributed by atoms with Crippen LogP contribution in [0.15, 0.2) is 30.3 Å². The van der Waals surface area contributed by atoms with E-state index in [-0.39, 0.29) is 0 Å². The topological polar surface area (TPSA) is 70.0 Å². The molecule has 17 heavy (non-hydrogen) atoms. The Morgan fingerprint density at radius 2 is 1.76 bits per heavy atom. The molecule has 5 nitrogen and oxygen atoms in total. The van der Waals surface area contributed by atoms with Gasteiger partial charge in [0.25, 0.3) is 0 Å². The van der Waals surface area contributed by atoms with E-state index in [0.29, 0.717) is 31.9 Å². The average Bonchev–Trinajstić information content (AvgIpc) is 2.30. The highest BCUT2D eigenvalue weighted by atomic mass is 31.2. The van der Waals surface area contributed by atoms with Gasteiger partial charge >= 0.3 is 7.60 Å². The first kappa shape index (κ1) is 12.7. The number of hydrogen-bond donors (Lipinski definition) is 2. The molecule has 0 aliphatic carbocycles. The minimum Gasteiger partial charge on any atom is -0.379 e. The molecule has 2 N–H and O–H groups in total. The Labute approximate surface area is 100 Å². The molecule has 1 saturated heterocycles. The Hall–Kier alpha value is -0.710. The van der Waals surface area contributed by atoms with E-state index in [1.807, 2.05) is 6.07 Å². The predicted octanol–water partition coefficient (Wildman–Crippen LogP) is 1.20. The third-order valence-electron chi connectivity index (χ3n) is 2.81. The van der Waals surface area contributed by atoms with E-state index < -0.39 is 13.4 Å². The van der Waals surface area contributed by atoms with Crippen molar-refractivity contribution >= 4 is 7.60 Å². The summed E-state index contributed by atoms with van der Waals surface area (Å²) in [7, 11) is -4.20. The van der Waals surface area contributed by atoms with Crippen LogP contribution < -0.4 is 0 Å². The summed E-state index contributed by atoms with van der Waals surface area (Å²) in [4.78, 5) is 20.8. The molecule has 0 aromatic heterocycles. The number of nitrogens with zero attached hydrogens (tertiary/aromatic N) is 1. The van der Waals surface area contributed by atoms with E-state index in [9.17, 15) is 14.4 Å². The highest BCUT2D eigenvalue weighted by Gasteiger charge is 2.36. The summed E-state index contributed by atoms with van der Waals surface area (Å²) in [5.74, 6) is -0.854. The number of rotatable bonds is 3. The molecule has 0 saturated carbocycles. The second-order valence-electron chi connectivity index (χ2n) is 4.02. The number of benzene rings is 1. The van der Waals surface area contributed by atoms with Gasteiger partial charge in [-0.15, -0.1) is 0 Å². The lowest BCUT2D eigenvalue weighted by Crippen LogP contribution is -2.39. The van der Waals surface area contributed by atoms with Gasteiger partial charge in [0.15, 0.2) is 0 Å². The fraction of sp³-hybridized carbons (Fsp3) is 0.455. The molecule has 1 aromatic carbocycles. The van der Waals surface area contributed by atoms with Crippen LogP contribution in [0.5, 0.6) is 0 Å². The van der Waals surface area contributed by atoms with E-state index in [0.717, 1.165) is 0 Å². The molecule has 0 spiro atoms. The van der Waals surface area contributed by atoms with Crippen molar-refractivity contribution in [1.82, 2.24) is 4.90 Å². The molecule has 0 amide bonds. The van der Waals surface area contributed by atoms with Crippen LogP contribution in [0.25, 0.3) is 0 Å². The van der Waals surface area contributed by atoms with Crippen LogP contribution in [-0.2, 0) is 9.30 Å². The van der Waals surface area contributed by atoms with Gasteiger partial charge in [0.2, 0.25) is 0 Å². The van der Waals surface area contributed by atoms with Crippen LogP contribution in [0, 0.1) is 0 Å². The molecule has 1 unspecified atom stereocenters. The van der Waals surface area contributed by atoms with Gasteiger partial charge < -0.3 is 14.5 Å². The van der Waals surface area contributed by atoms with Gasteiger partial charge in [0, 0.05) is 13.1 Å². The summed E-state index contributed by atoms with van der Waals surface area (Å²) in [5, 5.41) is 0. The summed E-state index contributed by atoms with van der Waals surface area (Å²) in [6, 6.07) is 8.91. The molecule has 1 aliphatic heterocycles. The maximum atomic E-state index is 11.6. The highest BCUT2D eigenvalue weighted by molar-refractivity contribution is 7.52. The quantitative estimate of drug-likeness (QED) is 0.796. The largest absolute Gasteiger partial charge is 0.379 e. The van der Waals surface area contributed by atoms with E-state index >= 15 is 0 Å². The number of hydrogen-bond acceptors (Lipinski definition) is 3. The zero-order chi connectivity index (χ0) is 12.3. The number of ether oxygens (including phenoxy) is 1. The molecular formula is C11H16NO4P. The van der Waals surface area contributed by atoms with Crippen LogP contribution in [0.4, 0.5) is 0 Å². The van der Waals surface area contributed by atoms with Crippen molar-refractivity contribution in [2.75, 3.05) is 26.3 Å². The minimum atomic E-state index is -4.20. The van der Waals surface area contributed by atoms with Crippen molar-refractivity contribution in [3.8, 4) is 0 Å². The zero-order valence-corrected chi connectivity index (χ0v) is 10.3. The Morgan fingerprint density at radius 3 is 2.29 bits per heavy atom. The molecule has 0 bridgehead atoms. The predicted molar refractivity (Wildman–Crippen MR) is 63.6 cm³/mol. The average molecular weight is 257 g/mol. The van der Waals surface area contributed by atoms with Crippen LogP contribution in [0.1, 0.15) is 11.3 Å². The molecule has 1 aromatic rings. The SMILES string of the molecule is O=P(O)(O)C(c1ccccc1)N1CCOCC1. The summed E-state index contributed by atoms with van der Waals surface area (Å²) in [6.45, 7) is 2.13. The Bertz CT molecular complexity index is 399. The number of morpholine rings is 1. The molecule has 1 aliphatic rings.